The van der Waals surface area contributed by atoms with E-state index in [0.717, 1.165) is 18.4 Å². The van der Waals surface area contributed by atoms with Crippen LogP contribution in [0.15, 0.2) is 24.3 Å². The molecule has 4 nitrogen and oxygen atoms in total. The van der Waals surface area contributed by atoms with Crippen LogP contribution < -0.4 is 5.32 Å². The Labute approximate surface area is 132 Å². The molecule has 118 valence electrons. The van der Waals surface area contributed by atoms with Crippen molar-refractivity contribution < 1.29 is 9.90 Å². The zero-order chi connectivity index (χ0) is 15.7. The van der Waals surface area contributed by atoms with E-state index in [0.29, 0.717) is 24.5 Å². The number of rotatable bonds is 8. The van der Waals surface area contributed by atoms with E-state index in [1.54, 1.807) is 4.90 Å². The van der Waals surface area contributed by atoms with Crippen LogP contribution >= 0.6 is 11.6 Å². The zero-order valence-corrected chi connectivity index (χ0v) is 13.6. The average molecular weight is 313 g/mol. The topological polar surface area (TPSA) is 52.6 Å². The normalized spacial score (nSPS) is 12.0. The van der Waals surface area contributed by atoms with Crippen LogP contribution in [0.1, 0.15) is 38.7 Å². The van der Waals surface area contributed by atoms with Crippen LogP contribution in [-0.4, -0.2) is 35.2 Å². The van der Waals surface area contributed by atoms with Gasteiger partial charge in [-0.1, -0.05) is 43.1 Å². The summed E-state index contributed by atoms with van der Waals surface area (Å²) in [5, 5.41) is 12.6. The van der Waals surface area contributed by atoms with Crippen LogP contribution in [0, 0.1) is 0 Å². The van der Waals surface area contributed by atoms with Crippen molar-refractivity contribution in [2.75, 3.05) is 13.2 Å². The van der Waals surface area contributed by atoms with Gasteiger partial charge in [-0.2, -0.15) is 0 Å². The van der Waals surface area contributed by atoms with Gasteiger partial charge >= 0.3 is 6.03 Å². The molecule has 5 heteroatoms. The Balaban J connectivity index is 2.70. The molecule has 0 unspecified atom stereocenters. The van der Waals surface area contributed by atoms with Crippen molar-refractivity contribution in [2.24, 2.45) is 0 Å². The molecular formula is C16H25ClN2O2. The van der Waals surface area contributed by atoms with Gasteiger partial charge in [-0.25, -0.2) is 4.79 Å². The second-order valence-corrected chi connectivity index (χ2v) is 5.64. The molecule has 0 aliphatic rings. The van der Waals surface area contributed by atoms with E-state index in [9.17, 15) is 4.79 Å². The number of nitrogens with zero attached hydrogens (tertiary/aromatic N) is 1. The fourth-order valence-electron chi connectivity index (χ4n) is 2.15. The predicted molar refractivity (Wildman–Crippen MR) is 86.5 cm³/mol. The molecule has 2 N–H and O–H groups in total. The predicted octanol–water partition coefficient (Wildman–Crippen LogP) is 3.42. The Morgan fingerprint density at radius 2 is 2.14 bits per heavy atom. The van der Waals surface area contributed by atoms with Crippen molar-refractivity contribution in [3.63, 3.8) is 0 Å². The Bertz CT molecular complexity index is 440. The Kier molecular flexibility index (Phi) is 8.16. The van der Waals surface area contributed by atoms with Gasteiger partial charge in [0.05, 0.1) is 0 Å². The number of hydrogen-bond donors (Lipinski definition) is 2. The number of carbonyl (C=O) groups excluding carboxylic acids is 1. The summed E-state index contributed by atoms with van der Waals surface area (Å²) in [6.45, 7) is 5.12. The number of hydrogen-bond acceptors (Lipinski definition) is 2. The lowest BCUT2D eigenvalue weighted by molar-refractivity contribution is 0.183. The lowest BCUT2D eigenvalue weighted by Crippen LogP contribution is -2.44. The molecular weight excluding hydrogens is 288 g/mol. The molecule has 0 spiro atoms. The molecule has 0 heterocycles. The maximum atomic E-state index is 12.3. The third-order valence-corrected chi connectivity index (χ3v) is 3.65. The molecule has 0 fully saturated rings. The van der Waals surface area contributed by atoms with Gasteiger partial charge in [-0.05, 0) is 31.4 Å². The van der Waals surface area contributed by atoms with Crippen LogP contribution in [0.4, 0.5) is 4.79 Å². The van der Waals surface area contributed by atoms with Gasteiger partial charge in [-0.15, -0.1) is 0 Å². The van der Waals surface area contributed by atoms with Crippen molar-refractivity contribution in [3.8, 4) is 0 Å². The first-order valence-electron chi connectivity index (χ1n) is 7.48. The molecule has 21 heavy (non-hydrogen) atoms. The fourth-order valence-corrected chi connectivity index (χ4v) is 2.35. The molecule has 0 saturated heterocycles. The largest absolute Gasteiger partial charge is 0.396 e. The SMILES string of the molecule is CCC[C@@H](C)NC(=O)N(CCCO)Cc1ccccc1Cl. The highest BCUT2D eigenvalue weighted by atomic mass is 35.5. The quantitative estimate of drug-likeness (QED) is 0.772. The Morgan fingerprint density at radius 3 is 2.76 bits per heavy atom. The van der Waals surface area contributed by atoms with Crippen LogP contribution in [0.2, 0.25) is 5.02 Å². The maximum Gasteiger partial charge on any atom is 0.317 e. The number of nitrogens with one attached hydrogen (secondary N) is 1. The van der Waals surface area contributed by atoms with Gasteiger partial charge in [0.1, 0.15) is 0 Å². The summed E-state index contributed by atoms with van der Waals surface area (Å²) in [5.74, 6) is 0. The monoisotopic (exact) mass is 312 g/mol. The summed E-state index contributed by atoms with van der Waals surface area (Å²) < 4.78 is 0. The summed E-state index contributed by atoms with van der Waals surface area (Å²) in [4.78, 5) is 14.0. The highest BCUT2D eigenvalue weighted by molar-refractivity contribution is 6.31. The highest BCUT2D eigenvalue weighted by Gasteiger charge is 2.16. The van der Waals surface area contributed by atoms with E-state index >= 15 is 0 Å². The molecule has 0 aromatic heterocycles. The van der Waals surface area contributed by atoms with Crippen LogP contribution in [0.3, 0.4) is 0 Å². The fraction of sp³-hybridized carbons (Fsp3) is 0.562. The molecule has 1 rings (SSSR count). The summed E-state index contributed by atoms with van der Waals surface area (Å²) in [6.07, 6.45) is 2.54. The number of aliphatic hydroxyl groups excluding tert-OH is 1. The minimum atomic E-state index is -0.107. The molecule has 0 aliphatic heterocycles. The smallest absolute Gasteiger partial charge is 0.317 e. The van der Waals surface area contributed by atoms with E-state index in [1.807, 2.05) is 31.2 Å². The van der Waals surface area contributed by atoms with Gasteiger partial charge in [0.2, 0.25) is 0 Å². The Morgan fingerprint density at radius 1 is 1.43 bits per heavy atom. The third-order valence-electron chi connectivity index (χ3n) is 3.28. The number of benzene rings is 1. The minimum absolute atomic E-state index is 0.0663. The van der Waals surface area contributed by atoms with E-state index in [1.165, 1.54) is 0 Å². The summed E-state index contributed by atoms with van der Waals surface area (Å²) >= 11 is 6.15. The van der Waals surface area contributed by atoms with Crippen molar-refractivity contribution in [1.29, 1.82) is 0 Å². The van der Waals surface area contributed by atoms with Gasteiger partial charge in [0, 0.05) is 30.8 Å². The lowest BCUT2D eigenvalue weighted by atomic mass is 10.2. The van der Waals surface area contributed by atoms with Gasteiger partial charge in [0.25, 0.3) is 0 Å². The molecule has 2 amide bonds. The maximum absolute atomic E-state index is 12.3. The van der Waals surface area contributed by atoms with Crippen molar-refractivity contribution >= 4 is 17.6 Å². The number of aliphatic hydroxyl groups is 1. The standard InChI is InChI=1S/C16H25ClN2O2/c1-3-7-13(2)18-16(21)19(10-6-11-20)12-14-8-4-5-9-15(14)17/h4-5,8-9,13,20H,3,6-7,10-12H2,1-2H3,(H,18,21)/t13-/m1/s1. The molecule has 1 aromatic carbocycles. The summed E-state index contributed by atoms with van der Waals surface area (Å²) in [7, 11) is 0. The van der Waals surface area contributed by atoms with Crippen molar-refractivity contribution in [3.05, 3.63) is 34.9 Å². The van der Waals surface area contributed by atoms with Gasteiger partial charge < -0.3 is 15.3 Å². The lowest BCUT2D eigenvalue weighted by Gasteiger charge is -2.25. The van der Waals surface area contributed by atoms with Crippen LogP contribution in [0.25, 0.3) is 0 Å². The van der Waals surface area contributed by atoms with Crippen LogP contribution in [0.5, 0.6) is 0 Å². The van der Waals surface area contributed by atoms with E-state index < -0.39 is 0 Å². The molecule has 1 aromatic rings. The van der Waals surface area contributed by atoms with Crippen LogP contribution in [-0.2, 0) is 6.54 Å². The third kappa shape index (κ3) is 6.36. The van der Waals surface area contributed by atoms with Gasteiger partial charge in [-0.3, -0.25) is 0 Å². The first kappa shape index (κ1) is 17.8. The molecule has 0 saturated carbocycles. The van der Waals surface area contributed by atoms with E-state index in [4.69, 9.17) is 16.7 Å². The number of amides is 2. The highest BCUT2D eigenvalue weighted by Crippen LogP contribution is 2.17. The molecule has 0 radical (unpaired) electrons. The molecule has 1 atom stereocenters. The van der Waals surface area contributed by atoms with Gasteiger partial charge in [0.15, 0.2) is 0 Å². The first-order chi connectivity index (χ1) is 10.1. The minimum Gasteiger partial charge on any atom is -0.396 e. The number of carbonyl (C=O) groups is 1. The molecule has 0 bridgehead atoms. The number of halogens is 1. The second-order valence-electron chi connectivity index (χ2n) is 5.23. The van der Waals surface area contributed by atoms with Crippen molar-refractivity contribution in [2.45, 2.75) is 45.7 Å². The average Bonchev–Trinajstić information content (AvgIpc) is 2.45. The zero-order valence-electron chi connectivity index (χ0n) is 12.8. The molecule has 0 aliphatic carbocycles. The summed E-state index contributed by atoms with van der Waals surface area (Å²) in [5.41, 5.74) is 0.912. The first-order valence-corrected chi connectivity index (χ1v) is 7.86. The number of urea groups is 1. The Hall–Kier alpha value is -1.26. The second kappa shape index (κ2) is 9.64. The van der Waals surface area contributed by atoms with E-state index in [-0.39, 0.29) is 18.7 Å². The summed E-state index contributed by atoms with van der Waals surface area (Å²) in [6, 6.07) is 7.54. The van der Waals surface area contributed by atoms with E-state index in [2.05, 4.69) is 12.2 Å². The van der Waals surface area contributed by atoms with Crippen molar-refractivity contribution in [1.82, 2.24) is 10.2 Å².